The van der Waals surface area contributed by atoms with Crippen molar-refractivity contribution < 1.29 is 23.8 Å². The van der Waals surface area contributed by atoms with Crippen molar-refractivity contribution in [2.75, 3.05) is 52.7 Å². The van der Waals surface area contributed by atoms with Gasteiger partial charge in [0.2, 0.25) is 12.7 Å². The second-order valence-electron chi connectivity index (χ2n) is 8.00. The average Bonchev–Trinajstić information content (AvgIpc) is 3.31. The lowest BCUT2D eigenvalue weighted by molar-refractivity contribution is -0.121. The number of amides is 2. The SMILES string of the molecule is Cc1cnc(C(=O)N(CCC(=O)NCc2ccc3c(c2)OCO3)CCN2CCOCC2)cn1. The Kier molecular flexibility index (Phi) is 7.69. The number of aryl methyl sites for hydroxylation is 1. The lowest BCUT2D eigenvalue weighted by atomic mass is 10.2. The Hall–Kier alpha value is -3.24. The van der Waals surface area contributed by atoms with Crippen LogP contribution in [0.3, 0.4) is 0 Å². The Morgan fingerprint density at radius 2 is 1.91 bits per heavy atom. The van der Waals surface area contributed by atoms with Crippen LogP contribution in [0, 0.1) is 6.92 Å². The summed E-state index contributed by atoms with van der Waals surface area (Å²) in [5.74, 6) is 1.03. The first kappa shape index (κ1) is 22.9. The third kappa shape index (κ3) is 6.39. The molecule has 3 heterocycles. The van der Waals surface area contributed by atoms with E-state index in [9.17, 15) is 9.59 Å². The first-order valence-electron chi connectivity index (χ1n) is 11.1. The Morgan fingerprint density at radius 1 is 1.09 bits per heavy atom. The number of fused-ring (bicyclic) bond motifs is 1. The van der Waals surface area contributed by atoms with E-state index in [-0.39, 0.29) is 30.7 Å². The van der Waals surface area contributed by atoms with Gasteiger partial charge in [-0.15, -0.1) is 0 Å². The molecular weight excluding hydrogens is 426 g/mol. The highest BCUT2D eigenvalue weighted by atomic mass is 16.7. The number of hydrogen-bond donors (Lipinski definition) is 1. The van der Waals surface area contributed by atoms with Crippen LogP contribution in [0.25, 0.3) is 0 Å². The molecule has 0 atom stereocenters. The maximum absolute atomic E-state index is 13.1. The van der Waals surface area contributed by atoms with Crippen molar-refractivity contribution in [1.82, 2.24) is 25.1 Å². The topological polar surface area (TPSA) is 106 Å². The highest BCUT2D eigenvalue weighted by Crippen LogP contribution is 2.32. The van der Waals surface area contributed by atoms with Crippen LogP contribution < -0.4 is 14.8 Å². The number of nitrogens with one attached hydrogen (secondary N) is 1. The molecule has 0 spiro atoms. The monoisotopic (exact) mass is 455 g/mol. The molecule has 1 fully saturated rings. The molecule has 2 amide bonds. The Bertz CT molecular complexity index is 962. The molecule has 1 aromatic heterocycles. The molecule has 2 aliphatic rings. The first-order valence-corrected chi connectivity index (χ1v) is 11.1. The smallest absolute Gasteiger partial charge is 0.274 e. The van der Waals surface area contributed by atoms with Gasteiger partial charge < -0.3 is 24.4 Å². The lowest BCUT2D eigenvalue weighted by Gasteiger charge is -2.30. The van der Waals surface area contributed by atoms with Gasteiger partial charge in [0.05, 0.1) is 25.1 Å². The summed E-state index contributed by atoms with van der Waals surface area (Å²) in [7, 11) is 0. The minimum Gasteiger partial charge on any atom is -0.454 e. The summed E-state index contributed by atoms with van der Waals surface area (Å²) in [5.41, 5.74) is 1.94. The van der Waals surface area contributed by atoms with Gasteiger partial charge in [0.15, 0.2) is 11.5 Å². The van der Waals surface area contributed by atoms with E-state index in [0.29, 0.717) is 50.9 Å². The molecule has 4 rings (SSSR count). The van der Waals surface area contributed by atoms with Crippen LogP contribution in [0.4, 0.5) is 0 Å². The molecule has 1 N–H and O–H groups in total. The minimum absolute atomic E-state index is 0.133. The average molecular weight is 456 g/mol. The fraction of sp³-hybridized carbons (Fsp3) is 0.478. The quantitative estimate of drug-likeness (QED) is 0.597. The largest absolute Gasteiger partial charge is 0.454 e. The molecule has 0 unspecified atom stereocenters. The Balaban J connectivity index is 1.31. The number of nitrogens with zero attached hydrogens (tertiary/aromatic N) is 4. The molecular formula is C23H29N5O5. The van der Waals surface area contributed by atoms with Crippen molar-refractivity contribution in [3.8, 4) is 11.5 Å². The van der Waals surface area contributed by atoms with Crippen molar-refractivity contribution in [2.24, 2.45) is 0 Å². The molecule has 0 aliphatic carbocycles. The van der Waals surface area contributed by atoms with Gasteiger partial charge in [0, 0.05) is 51.9 Å². The van der Waals surface area contributed by atoms with Crippen molar-refractivity contribution in [3.63, 3.8) is 0 Å². The van der Waals surface area contributed by atoms with E-state index in [4.69, 9.17) is 14.2 Å². The number of carbonyl (C=O) groups is 2. The van der Waals surface area contributed by atoms with Gasteiger partial charge in [0.1, 0.15) is 5.69 Å². The summed E-state index contributed by atoms with van der Waals surface area (Å²) in [6, 6.07) is 5.58. The van der Waals surface area contributed by atoms with Crippen LogP contribution in [0.1, 0.15) is 28.2 Å². The van der Waals surface area contributed by atoms with Crippen molar-refractivity contribution in [3.05, 3.63) is 47.5 Å². The maximum atomic E-state index is 13.1. The van der Waals surface area contributed by atoms with E-state index in [0.717, 1.165) is 24.3 Å². The van der Waals surface area contributed by atoms with Gasteiger partial charge in [0.25, 0.3) is 5.91 Å². The fourth-order valence-electron chi connectivity index (χ4n) is 3.64. The van der Waals surface area contributed by atoms with Crippen molar-refractivity contribution >= 4 is 11.8 Å². The number of ether oxygens (including phenoxy) is 3. The summed E-state index contributed by atoms with van der Waals surface area (Å²) >= 11 is 0. The van der Waals surface area contributed by atoms with Crippen LogP contribution >= 0.6 is 0 Å². The van der Waals surface area contributed by atoms with Gasteiger partial charge in [-0.3, -0.25) is 19.5 Å². The van der Waals surface area contributed by atoms with Gasteiger partial charge >= 0.3 is 0 Å². The van der Waals surface area contributed by atoms with Crippen LogP contribution in [-0.2, 0) is 16.1 Å². The zero-order valence-electron chi connectivity index (χ0n) is 18.8. The molecule has 0 bridgehead atoms. The summed E-state index contributed by atoms with van der Waals surface area (Å²) < 4.78 is 16.1. The Labute approximate surface area is 192 Å². The zero-order valence-corrected chi connectivity index (χ0v) is 18.8. The third-order valence-electron chi connectivity index (χ3n) is 5.61. The number of benzene rings is 1. The van der Waals surface area contributed by atoms with E-state index < -0.39 is 0 Å². The predicted molar refractivity (Wildman–Crippen MR) is 119 cm³/mol. The number of rotatable bonds is 9. The van der Waals surface area contributed by atoms with Gasteiger partial charge in [-0.25, -0.2) is 4.98 Å². The van der Waals surface area contributed by atoms with E-state index in [1.54, 1.807) is 11.1 Å². The van der Waals surface area contributed by atoms with E-state index in [2.05, 4.69) is 20.2 Å². The second kappa shape index (κ2) is 11.1. The molecule has 0 radical (unpaired) electrons. The van der Waals surface area contributed by atoms with E-state index in [1.807, 2.05) is 25.1 Å². The van der Waals surface area contributed by atoms with Gasteiger partial charge in [-0.1, -0.05) is 6.07 Å². The highest BCUT2D eigenvalue weighted by molar-refractivity contribution is 5.92. The molecule has 1 saturated heterocycles. The zero-order chi connectivity index (χ0) is 23.0. The van der Waals surface area contributed by atoms with Crippen LogP contribution in [0.15, 0.2) is 30.6 Å². The van der Waals surface area contributed by atoms with Crippen molar-refractivity contribution in [1.29, 1.82) is 0 Å². The minimum atomic E-state index is -0.223. The third-order valence-corrected chi connectivity index (χ3v) is 5.61. The molecule has 33 heavy (non-hydrogen) atoms. The molecule has 176 valence electrons. The molecule has 10 nitrogen and oxygen atoms in total. The second-order valence-corrected chi connectivity index (χ2v) is 8.00. The number of carbonyl (C=O) groups excluding carboxylic acids is 2. The summed E-state index contributed by atoms with van der Waals surface area (Å²) in [6.45, 7) is 6.99. The van der Waals surface area contributed by atoms with Crippen molar-refractivity contribution in [2.45, 2.75) is 19.9 Å². The normalized spacial score (nSPS) is 15.3. The van der Waals surface area contributed by atoms with Gasteiger partial charge in [-0.05, 0) is 24.6 Å². The van der Waals surface area contributed by atoms with Crippen LogP contribution in [-0.4, -0.2) is 84.3 Å². The molecule has 0 saturated carbocycles. The Morgan fingerprint density at radius 3 is 2.70 bits per heavy atom. The number of hydrogen-bond acceptors (Lipinski definition) is 8. The summed E-state index contributed by atoms with van der Waals surface area (Å²) in [4.78, 5) is 37.9. The molecule has 1 aromatic carbocycles. The first-order chi connectivity index (χ1) is 16.1. The molecule has 2 aliphatic heterocycles. The van der Waals surface area contributed by atoms with Crippen LogP contribution in [0.5, 0.6) is 11.5 Å². The van der Waals surface area contributed by atoms with E-state index in [1.165, 1.54) is 6.20 Å². The summed E-state index contributed by atoms with van der Waals surface area (Å²) in [5, 5.41) is 2.91. The molecule has 10 heteroatoms. The number of aromatic nitrogens is 2. The maximum Gasteiger partial charge on any atom is 0.274 e. The molecule has 2 aromatic rings. The lowest BCUT2D eigenvalue weighted by Crippen LogP contribution is -2.44. The predicted octanol–water partition coefficient (Wildman–Crippen LogP) is 0.995. The van der Waals surface area contributed by atoms with Crippen LogP contribution in [0.2, 0.25) is 0 Å². The standard InChI is InChI=1S/C23H29N5O5/c1-17-13-25-19(15-24-17)23(30)28(7-6-27-8-10-31-11-9-27)5-4-22(29)26-14-18-2-3-20-21(12-18)33-16-32-20/h2-3,12-13,15H,4-11,14,16H2,1H3,(H,26,29). The van der Waals surface area contributed by atoms with Gasteiger partial charge in [-0.2, -0.15) is 0 Å². The highest BCUT2D eigenvalue weighted by Gasteiger charge is 2.20. The number of morpholine rings is 1. The van der Waals surface area contributed by atoms with E-state index >= 15 is 0 Å². The fourth-order valence-corrected chi connectivity index (χ4v) is 3.64. The summed E-state index contributed by atoms with van der Waals surface area (Å²) in [6.07, 6.45) is 3.25.